The van der Waals surface area contributed by atoms with Crippen LogP contribution < -0.4 is 10.5 Å². The third-order valence-corrected chi connectivity index (χ3v) is 2.47. The van der Waals surface area contributed by atoms with E-state index in [0.717, 1.165) is 6.07 Å². The van der Waals surface area contributed by atoms with Crippen LogP contribution in [0, 0.1) is 6.92 Å². The topological polar surface area (TPSA) is 65.2 Å². The Balaban J connectivity index is 2.52. The quantitative estimate of drug-likeness (QED) is 0.911. The molecule has 0 aliphatic carbocycles. The lowest BCUT2D eigenvalue weighted by atomic mass is 10.1. The molecule has 100 valence electrons. The first kappa shape index (κ1) is 13.1. The van der Waals surface area contributed by atoms with Crippen molar-refractivity contribution in [2.75, 3.05) is 0 Å². The molecule has 4 nitrogen and oxygen atoms in total. The number of benzene rings is 1. The molecule has 2 N–H and O–H groups in total. The van der Waals surface area contributed by atoms with Gasteiger partial charge in [-0.3, -0.25) is 4.79 Å². The van der Waals surface area contributed by atoms with Gasteiger partial charge < -0.3 is 10.5 Å². The van der Waals surface area contributed by atoms with Gasteiger partial charge in [-0.1, -0.05) is 0 Å². The van der Waals surface area contributed by atoms with E-state index in [1.807, 2.05) is 0 Å². The summed E-state index contributed by atoms with van der Waals surface area (Å²) in [6.45, 7) is 1.65. The van der Waals surface area contributed by atoms with Crippen LogP contribution >= 0.6 is 0 Å². The normalized spacial score (nSPS) is 11.6. The number of alkyl halides is 3. The minimum absolute atomic E-state index is 0.0643. The third kappa shape index (κ3) is 2.93. The maximum absolute atomic E-state index is 12.1. The van der Waals surface area contributed by atoms with Gasteiger partial charge in [0.15, 0.2) is 0 Å². The molecule has 19 heavy (non-hydrogen) atoms. The molecule has 1 amide bonds. The number of carbonyl (C=O) groups excluding carboxylic acids is 1. The molecule has 1 aromatic carbocycles. The Morgan fingerprint density at radius 2 is 2.00 bits per heavy atom. The van der Waals surface area contributed by atoms with Gasteiger partial charge in [-0.25, -0.2) is 4.98 Å². The second-order valence-corrected chi connectivity index (χ2v) is 3.92. The van der Waals surface area contributed by atoms with Crippen molar-refractivity contribution in [3.63, 3.8) is 0 Å². The summed E-state index contributed by atoms with van der Waals surface area (Å²) in [5, 5.41) is 0.465. The molecule has 0 atom stereocenters. The van der Waals surface area contributed by atoms with E-state index < -0.39 is 12.3 Å². The molecule has 0 saturated heterocycles. The number of nitrogens with zero attached hydrogens (tertiary/aromatic N) is 1. The Kier molecular flexibility index (Phi) is 3.05. The van der Waals surface area contributed by atoms with E-state index in [1.54, 1.807) is 6.92 Å². The van der Waals surface area contributed by atoms with Crippen LogP contribution in [0.3, 0.4) is 0 Å². The van der Waals surface area contributed by atoms with Crippen LogP contribution in [0.25, 0.3) is 10.9 Å². The average molecular weight is 270 g/mol. The number of halogens is 3. The summed E-state index contributed by atoms with van der Waals surface area (Å²) in [4.78, 5) is 15.0. The van der Waals surface area contributed by atoms with E-state index in [-0.39, 0.29) is 11.4 Å². The van der Waals surface area contributed by atoms with E-state index in [2.05, 4.69) is 9.72 Å². The van der Waals surface area contributed by atoms with E-state index >= 15 is 0 Å². The smallest absolute Gasteiger partial charge is 0.406 e. The number of primary amides is 1. The van der Waals surface area contributed by atoms with Crippen molar-refractivity contribution in [1.82, 2.24) is 4.98 Å². The molecular formula is C12H9F3N2O2. The summed E-state index contributed by atoms with van der Waals surface area (Å²) in [6.07, 6.45) is -4.75. The van der Waals surface area contributed by atoms with Crippen LogP contribution in [-0.4, -0.2) is 17.3 Å². The fourth-order valence-electron chi connectivity index (χ4n) is 1.70. The molecule has 1 aromatic heterocycles. The second kappa shape index (κ2) is 4.42. The van der Waals surface area contributed by atoms with E-state index in [4.69, 9.17) is 5.73 Å². The van der Waals surface area contributed by atoms with Crippen LogP contribution in [0.15, 0.2) is 24.3 Å². The highest BCUT2D eigenvalue weighted by atomic mass is 19.4. The van der Waals surface area contributed by atoms with Crippen molar-refractivity contribution in [1.29, 1.82) is 0 Å². The number of aryl methyl sites for hydroxylation is 1. The molecular weight excluding hydrogens is 261 g/mol. The summed E-state index contributed by atoms with van der Waals surface area (Å²) in [5.41, 5.74) is 6.14. The Hall–Kier alpha value is -2.31. The van der Waals surface area contributed by atoms with Gasteiger partial charge in [0.2, 0.25) is 0 Å². The minimum atomic E-state index is -4.75. The summed E-state index contributed by atoms with van der Waals surface area (Å²) in [7, 11) is 0. The highest BCUT2D eigenvalue weighted by Gasteiger charge is 2.31. The monoisotopic (exact) mass is 270 g/mol. The average Bonchev–Trinajstić information content (AvgIpc) is 2.27. The zero-order chi connectivity index (χ0) is 14.2. The van der Waals surface area contributed by atoms with Crippen molar-refractivity contribution in [2.24, 2.45) is 5.73 Å². The Morgan fingerprint density at radius 3 is 2.58 bits per heavy atom. The number of pyridine rings is 1. The third-order valence-electron chi connectivity index (χ3n) is 2.47. The summed E-state index contributed by atoms with van der Waals surface area (Å²) in [5.74, 6) is -1.03. The van der Waals surface area contributed by atoms with Gasteiger partial charge in [0.05, 0.1) is 5.52 Å². The Morgan fingerprint density at radius 1 is 1.32 bits per heavy atom. The number of hydrogen-bond acceptors (Lipinski definition) is 3. The fraction of sp³-hybridized carbons (Fsp3) is 0.167. The number of fused-ring (bicyclic) bond motifs is 1. The molecule has 0 bridgehead atoms. The van der Waals surface area contributed by atoms with Gasteiger partial charge in [-0.2, -0.15) is 0 Å². The first-order valence-electron chi connectivity index (χ1n) is 5.23. The van der Waals surface area contributed by atoms with Gasteiger partial charge in [0.1, 0.15) is 11.4 Å². The number of ether oxygens (including phenoxy) is 1. The van der Waals surface area contributed by atoms with Crippen molar-refractivity contribution < 1.29 is 22.7 Å². The maximum atomic E-state index is 12.1. The van der Waals surface area contributed by atoms with E-state index in [0.29, 0.717) is 16.5 Å². The molecule has 1 heterocycles. The maximum Gasteiger partial charge on any atom is 0.573 e. The molecule has 0 unspecified atom stereocenters. The van der Waals surface area contributed by atoms with Crippen LogP contribution in [0.5, 0.6) is 5.75 Å². The van der Waals surface area contributed by atoms with Crippen LogP contribution in [0.4, 0.5) is 13.2 Å². The van der Waals surface area contributed by atoms with Crippen LogP contribution in [0.2, 0.25) is 0 Å². The van der Waals surface area contributed by atoms with Gasteiger partial charge in [-0.15, -0.1) is 13.2 Å². The predicted octanol–water partition coefficient (Wildman–Crippen LogP) is 2.54. The molecule has 0 fully saturated rings. The lowest BCUT2D eigenvalue weighted by Gasteiger charge is -2.10. The van der Waals surface area contributed by atoms with E-state index in [1.165, 1.54) is 18.2 Å². The lowest BCUT2D eigenvalue weighted by Crippen LogP contribution is -2.17. The molecule has 2 rings (SSSR count). The van der Waals surface area contributed by atoms with Crippen molar-refractivity contribution in [3.05, 3.63) is 35.5 Å². The molecule has 2 aromatic rings. The predicted molar refractivity (Wildman–Crippen MR) is 61.7 cm³/mol. The molecule has 0 aliphatic heterocycles. The molecule has 0 aliphatic rings. The molecule has 0 saturated carbocycles. The highest BCUT2D eigenvalue weighted by molar-refractivity contribution is 5.95. The van der Waals surface area contributed by atoms with Crippen LogP contribution in [-0.2, 0) is 0 Å². The number of rotatable bonds is 2. The molecule has 7 heteroatoms. The Bertz CT molecular complexity index is 653. The molecule has 0 radical (unpaired) electrons. The number of aromatic nitrogens is 1. The summed E-state index contributed by atoms with van der Waals surface area (Å²) < 4.78 is 40.2. The van der Waals surface area contributed by atoms with Gasteiger partial charge in [0, 0.05) is 5.39 Å². The minimum Gasteiger partial charge on any atom is -0.406 e. The highest BCUT2D eigenvalue weighted by Crippen LogP contribution is 2.27. The lowest BCUT2D eigenvalue weighted by molar-refractivity contribution is -0.274. The standard InChI is InChI=1S/C12H9F3N2O2/c1-6-4-10(11(16)18)17-9-3-2-7(5-8(6)9)19-12(13,14)15/h2-5H,1H3,(H2,16,18). The van der Waals surface area contributed by atoms with Crippen LogP contribution in [0.1, 0.15) is 16.1 Å². The summed E-state index contributed by atoms with van der Waals surface area (Å²) >= 11 is 0. The van der Waals surface area contributed by atoms with Crippen molar-refractivity contribution in [3.8, 4) is 5.75 Å². The zero-order valence-electron chi connectivity index (χ0n) is 9.78. The first-order valence-corrected chi connectivity index (χ1v) is 5.23. The largest absolute Gasteiger partial charge is 0.573 e. The zero-order valence-corrected chi connectivity index (χ0v) is 9.78. The number of nitrogens with two attached hydrogens (primary N) is 1. The fourth-order valence-corrected chi connectivity index (χ4v) is 1.70. The SMILES string of the molecule is Cc1cc(C(N)=O)nc2ccc(OC(F)(F)F)cc12. The number of amides is 1. The van der Waals surface area contributed by atoms with Crippen molar-refractivity contribution in [2.45, 2.75) is 13.3 Å². The number of hydrogen-bond donors (Lipinski definition) is 1. The van der Waals surface area contributed by atoms with Crippen molar-refractivity contribution >= 4 is 16.8 Å². The Labute approximate surface area is 106 Å². The summed E-state index contributed by atoms with van der Waals surface area (Å²) in [6, 6.07) is 5.11. The van der Waals surface area contributed by atoms with Gasteiger partial charge in [-0.05, 0) is 36.8 Å². The first-order chi connectivity index (χ1) is 8.76. The van der Waals surface area contributed by atoms with Gasteiger partial charge >= 0.3 is 6.36 Å². The van der Waals surface area contributed by atoms with E-state index in [9.17, 15) is 18.0 Å². The van der Waals surface area contributed by atoms with Gasteiger partial charge in [0.25, 0.3) is 5.91 Å². The second-order valence-electron chi connectivity index (χ2n) is 3.92. The molecule has 0 spiro atoms. The number of carbonyl (C=O) groups is 1.